The first kappa shape index (κ1) is 14.8. The van der Waals surface area contributed by atoms with Gasteiger partial charge in [-0.05, 0) is 40.5 Å². The van der Waals surface area contributed by atoms with Crippen molar-refractivity contribution >= 4 is 5.91 Å². The Balaban J connectivity index is 1.87. The van der Waals surface area contributed by atoms with Gasteiger partial charge in [-0.25, -0.2) is 0 Å². The number of hydrogen-bond acceptors (Lipinski definition) is 3. The number of nitrogens with one attached hydrogen (secondary N) is 1. The zero-order valence-electron chi connectivity index (χ0n) is 12.8. The molecule has 1 aliphatic carbocycles. The van der Waals surface area contributed by atoms with Crippen molar-refractivity contribution in [3.05, 3.63) is 0 Å². The van der Waals surface area contributed by atoms with E-state index < -0.39 is 0 Å². The van der Waals surface area contributed by atoms with Crippen LogP contribution in [0.3, 0.4) is 0 Å². The highest BCUT2D eigenvalue weighted by molar-refractivity contribution is 5.78. The van der Waals surface area contributed by atoms with Crippen molar-refractivity contribution in [1.82, 2.24) is 10.2 Å². The lowest BCUT2D eigenvalue weighted by molar-refractivity contribution is -0.187. The molecule has 1 heterocycles. The van der Waals surface area contributed by atoms with E-state index in [9.17, 15) is 4.79 Å². The van der Waals surface area contributed by atoms with Crippen molar-refractivity contribution in [1.29, 1.82) is 0 Å². The fraction of sp³-hybridized carbons (Fsp3) is 0.933. The first-order chi connectivity index (χ1) is 8.77. The molecular formula is C15H28N2O2. The second-order valence-electron chi connectivity index (χ2n) is 7.23. The first-order valence-electron chi connectivity index (χ1n) is 7.49. The van der Waals surface area contributed by atoms with E-state index in [2.05, 4.69) is 33.0 Å². The highest BCUT2D eigenvalue weighted by Crippen LogP contribution is 2.28. The molecule has 2 aliphatic rings. The van der Waals surface area contributed by atoms with Gasteiger partial charge in [-0.1, -0.05) is 12.8 Å². The van der Waals surface area contributed by atoms with Crippen LogP contribution in [0.1, 0.15) is 53.4 Å². The fourth-order valence-electron chi connectivity index (χ4n) is 3.44. The summed E-state index contributed by atoms with van der Waals surface area (Å²) in [6.45, 7) is 10.1. The maximum atomic E-state index is 12.3. The Bertz CT molecular complexity index is 317. The van der Waals surface area contributed by atoms with E-state index >= 15 is 0 Å². The molecule has 0 unspecified atom stereocenters. The molecule has 1 amide bonds. The molecule has 0 spiro atoms. The van der Waals surface area contributed by atoms with E-state index in [0.29, 0.717) is 25.7 Å². The topological polar surface area (TPSA) is 41.6 Å². The van der Waals surface area contributed by atoms with E-state index in [4.69, 9.17) is 4.74 Å². The number of morpholine rings is 1. The molecule has 1 aliphatic heterocycles. The Morgan fingerprint density at radius 2 is 1.68 bits per heavy atom. The molecule has 4 nitrogen and oxygen atoms in total. The average molecular weight is 268 g/mol. The van der Waals surface area contributed by atoms with Crippen LogP contribution < -0.4 is 5.32 Å². The molecule has 0 aromatic heterocycles. The van der Waals surface area contributed by atoms with Crippen molar-refractivity contribution < 1.29 is 9.53 Å². The van der Waals surface area contributed by atoms with Gasteiger partial charge in [-0.15, -0.1) is 0 Å². The summed E-state index contributed by atoms with van der Waals surface area (Å²) in [5.74, 6) is 0.205. The van der Waals surface area contributed by atoms with Gasteiger partial charge in [0.15, 0.2) is 0 Å². The van der Waals surface area contributed by atoms with E-state index in [0.717, 1.165) is 0 Å². The van der Waals surface area contributed by atoms with E-state index in [1.165, 1.54) is 25.7 Å². The average Bonchev–Trinajstić information content (AvgIpc) is 2.74. The van der Waals surface area contributed by atoms with Gasteiger partial charge >= 0.3 is 0 Å². The molecule has 1 N–H and O–H groups in total. The predicted molar refractivity (Wildman–Crippen MR) is 76.1 cm³/mol. The molecule has 19 heavy (non-hydrogen) atoms. The van der Waals surface area contributed by atoms with Crippen LogP contribution in [0.2, 0.25) is 0 Å². The zero-order valence-corrected chi connectivity index (χ0v) is 12.8. The fourth-order valence-corrected chi connectivity index (χ4v) is 3.44. The number of amides is 1. The number of hydrogen-bond donors (Lipinski definition) is 1. The minimum atomic E-state index is -0.259. The van der Waals surface area contributed by atoms with E-state index in [-0.39, 0.29) is 17.1 Å². The maximum absolute atomic E-state index is 12.3. The van der Waals surface area contributed by atoms with Crippen LogP contribution in [0.25, 0.3) is 0 Å². The van der Waals surface area contributed by atoms with Crippen LogP contribution in [0, 0.1) is 0 Å². The smallest absolute Gasteiger partial charge is 0.236 e. The summed E-state index contributed by atoms with van der Waals surface area (Å²) in [7, 11) is 0. The Hall–Kier alpha value is -0.610. The Kier molecular flexibility index (Phi) is 4.21. The van der Waals surface area contributed by atoms with Gasteiger partial charge in [0, 0.05) is 19.1 Å². The largest absolute Gasteiger partial charge is 0.366 e. The summed E-state index contributed by atoms with van der Waals surface area (Å²) in [6, 6.07) is 0.547. The van der Waals surface area contributed by atoms with Crippen molar-refractivity contribution in [2.24, 2.45) is 0 Å². The normalized spacial score (nSPS) is 26.6. The van der Waals surface area contributed by atoms with E-state index in [1.54, 1.807) is 0 Å². The Morgan fingerprint density at radius 1 is 1.16 bits per heavy atom. The van der Waals surface area contributed by atoms with Gasteiger partial charge < -0.3 is 15.0 Å². The van der Waals surface area contributed by atoms with Gasteiger partial charge in [-0.2, -0.15) is 0 Å². The van der Waals surface area contributed by atoms with Crippen molar-refractivity contribution in [2.45, 2.75) is 70.6 Å². The standard InChI is InChI=1S/C15H28N2O2/c1-14(2)10-17(11-15(3,4)19-14)13(18)9-16-12-7-5-6-8-12/h12,16H,5-11H2,1-4H3. The van der Waals surface area contributed by atoms with Gasteiger partial charge in [0.2, 0.25) is 5.91 Å². The summed E-state index contributed by atoms with van der Waals surface area (Å²) < 4.78 is 6.01. The minimum Gasteiger partial charge on any atom is -0.366 e. The zero-order chi connectivity index (χ0) is 14.1. The van der Waals surface area contributed by atoms with Crippen LogP contribution in [-0.2, 0) is 9.53 Å². The second-order valence-corrected chi connectivity index (χ2v) is 7.23. The Labute approximate surface area is 116 Å². The number of nitrogens with zero attached hydrogens (tertiary/aromatic N) is 1. The van der Waals surface area contributed by atoms with Crippen molar-refractivity contribution in [3.63, 3.8) is 0 Å². The summed E-state index contributed by atoms with van der Waals surface area (Å²) in [6.07, 6.45) is 5.02. The lowest BCUT2D eigenvalue weighted by Gasteiger charge is -2.47. The molecule has 1 saturated heterocycles. The molecular weight excluding hydrogens is 240 g/mol. The van der Waals surface area contributed by atoms with Gasteiger partial charge in [0.25, 0.3) is 0 Å². The van der Waals surface area contributed by atoms with Gasteiger partial charge in [-0.3, -0.25) is 4.79 Å². The van der Waals surface area contributed by atoms with Crippen LogP contribution >= 0.6 is 0 Å². The molecule has 0 atom stereocenters. The van der Waals surface area contributed by atoms with E-state index in [1.807, 2.05) is 4.90 Å². The van der Waals surface area contributed by atoms with Crippen molar-refractivity contribution in [2.75, 3.05) is 19.6 Å². The minimum absolute atomic E-state index is 0.205. The maximum Gasteiger partial charge on any atom is 0.236 e. The third-order valence-electron chi connectivity index (χ3n) is 3.95. The molecule has 110 valence electrons. The van der Waals surface area contributed by atoms with Crippen LogP contribution in [0.5, 0.6) is 0 Å². The SMILES string of the molecule is CC1(C)CN(C(=O)CNC2CCCC2)CC(C)(C)O1. The lowest BCUT2D eigenvalue weighted by Crippen LogP contribution is -2.60. The first-order valence-corrected chi connectivity index (χ1v) is 7.49. The number of rotatable bonds is 3. The number of carbonyl (C=O) groups is 1. The van der Waals surface area contributed by atoms with Crippen LogP contribution in [0.15, 0.2) is 0 Å². The van der Waals surface area contributed by atoms with Crippen molar-refractivity contribution in [3.8, 4) is 0 Å². The monoisotopic (exact) mass is 268 g/mol. The van der Waals surface area contributed by atoms with Crippen LogP contribution in [-0.4, -0.2) is 47.7 Å². The quantitative estimate of drug-likeness (QED) is 0.850. The lowest BCUT2D eigenvalue weighted by atomic mass is 9.99. The summed E-state index contributed by atoms with van der Waals surface area (Å²) in [4.78, 5) is 14.3. The number of ether oxygens (including phenoxy) is 1. The summed E-state index contributed by atoms with van der Waals surface area (Å²) >= 11 is 0. The number of carbonyl (C=O) groups excluding carboxylic acids is 1. The molecule has 0 aromatic carbocycles. The Morgan fingerprint density at radius 3 is 2.21 bits per heavy atom. The molecule has 1 saturated carbocycles. The predicted octanol–water partition coefficient (Wildman–Crippen LogP) is 1.93. The highest BCUT2D eigenvalue weighted by atomic mass is 16.5. The third kappa shape index (κ3) is 4.18. The summed E-state index contributed by atoms with van der Waals surface area (Å²) in [5, 5.41) is 3.40. The third-order valence-corrected chi connectivity index (χ3v) is 3.95. The van der Waals surface area contributed by atoms with Gasteiger partial charge in [0.1, 0.15) is 0 Å². The van der Waals surface area contributed by atoms with Gasteiger partial charge in [0.05, 0.1) is 17.7 Å². The molecule has 4 heteroatoms. The molecule has 0 radical (unpaired) electrons. The summed E-state index contributed by atoms with van der Waals surface area (Å²) in [5.41, 5.74) is -0.518. The molecule has 0 bridgehead atoms. The molecule has 0 aromatic rings. The molecule has 2 fully saturated rings. The molecule has 2 rings (SSSR count). The highest BCUT2D eigenvalue weighted by Gasteiger charge is 2.39. The van der Waals surface area contributed by atoms with Crippen LogP contribution in [0.4, 0.5) is 0 Å². The second kappa shape index (κ2) is 5.41.